The number of hydrazone groups is 1. The molecular weight excluding hydrogens is 401 g/mol. The fraction of sp³-hybridized carbons (Fsp3) is 0.312. The Hall–Kier alpha value is -1.80. The van der Waals surface area contributed by atoms with Crippen molar-refractivity contribution < 1.29 is 9.53 Å². The second-order valence-electron chi connectivity index (χ2n) is 5.46. The van der Waals surface area contributed by atoms with E-state index >= 15 is 0 Å². The molecule has 0 saturated heterocycles. The first-order chi connectivity index (χ1) is 12.3. The third-order valence-corrected chi connectivity index (χ3v) is 4.92. The van der Waals surface area contributed by atoms with Crippen molar-refractivity contribution >= 4 is 52.6 Å². The molecule has 0 unspecified atom stereocenters. The predicted octanol–water partition coefficient (Wildman–Crippen LogP) is 3.45. The summed E-state index contributed by atoms with van der Waals surface area (Å²) in [5.74, 6) is -0.648. The van der Waals surface area contributed by atoms with Crippen molar-refractivity contribution in [2.45, 2.75) is 20.4 Å². The number of aryl methyl sites for hydroxylation is 1. The van der Waals surface area contributed by atoms with E-state index < -0.39 is 5.91 Å². The van der Waals surface area contributed by atoms with Crippen LogP contribution in [0.5, 0.6) is 0 Å². The molecule has 2 aromatic rings. The summed E-state index contributed by atoms with van der Waals surface area (Å²) in [6, 6.07) is 1.96. The standard InChI is InChI=1S/C16H18Cl3N5O2/c1-8-6-10(9(2)24(8)4-5-26-3)7-21-23-16(25)14-11(17)13(20)12(18)15(19)22-14/h6-7H,4-5H2,1-3H3,(H2,20,22)(H,23,25)/b21-7+. The number of hydrogen-bond acceptors (Lipinski definition) is 5. The summed E-state index contributed by atoms with van der Waals surface area (Å²) in [5, 5.41) is 3.77. The number of aromatic nitrogens is 2. The zero-order valence-electron chi connectivity index (χ0n) is 14.4. The van der Waals surface area contributed by atoms with E-state index in [0.29, 0.717) is 6.61 Å². The molecule has 140 valence electrons. The zero-order valence-corrected chi connectivity index (χ0v) is 16.7. The van der Waals surface area contributed by atoms with Crippen molar-refractivity contribution in [2.75, 3.05) is 19.5 Å². The highest BCUT2D eigenvalue weighted by Gasteiger charge is 2.19. The van der Waals surface area contributed by atoms with Gasteiger partial charge in [-0.05, 0) is 19.9 Å². The molecule has 0 spiro atoms. The highest BCUT2D eigenvalue weighted by molar-refractivity contribution is 6.46. The van der Waals surface area contributed by atoms with Crippen molar-refractivity contribution in [3.05, 3.63) is 43.9 Å². The van der Waals surface area contributed by atoms with Crippen LogP contribution in [-0.4, -0.2) is 35.4 Å². The Kier molecular flexibility index (Phi) is 6.88. The lowest BCUT2D eigenvalue weighted by Crippen LogP contribution is -2.20. The molecule has 2 rings (SSSR count). The molecule has 3 N–H and O–H groups in total. The van der Waals surface area contributed by atoms with Crippen LogP contribution in [0.3, 0.4) is 0 Å². The Morgan fingerprint density at radius 3 is 2.73 bits per heavy atom. The second-order valence-corrected chi connectivity index (χ2v) is 6.58. The highest BCUT2D eigenvalue weighted by Crippen LogP contribution is 2.34. The number of nitrogens with zero attached hydrogens (tertiary/aromatic N) is 3. The SMILES string of the molecule is COCCn1c(C)cc(/C=N/NC(=O)c2nc(Cl)c(Cl)c(N)c2Cl)c1C. The van der Waals surface area contributed by atoms with E-state index in [4.69, 9.17) is 45.3 Å². The zero-order chi connectivity index (χ0) is 19.4. The fourth-order valence-electron chi connectivity index (χ4n) is 2.38. The van der Waals surface area contributed by atoms with E-state index in [2.05, 4.69) is 20.1 Å². The number of rotatable bonds is 6. The van der Waals surface area contributed by atoms with Gasteiger partial charge in [-0.15, -0.1) is 0 Å². The van der Waals surface area contributed by atoms with E-state index in [0.717, 1.165) is 23.5 Å². The molecule has 0 radical (unpaired) electrons. The van der Waals surface area contributed by atoms with E-state index in [1.54, 1.807) is 13.3 Å². The molecule has 26 heavy (non-hydrogen) atoms. The molecule has 0 aliphatic carbocycles. The van der Waals surface area contributed by atoms with Crippen molar-refractivity contribution in [1.29, 1.82) is 0 Å². The number of nitrogen functional groups attached to an aromatic ring is 1. The molecule has 2 aromatic heterocycles. The third kappa shape index (κ3) is 4.29. The molecule has 1 amide bonds. The number of nitrogens with two attached hydrogens (primary N) is 1. The first-order valence-electron chi connectivity index (χ1n) is 7.57. The smallest absolute Gasteiger partial charge is 0.291 e. The van der Waals surface area contributed by atoms with Crippen LogP contribution >= 0.6 is 34.8 Å². The molecular formula is C16H18Cl3N5O2. The summed E-state index contributed by atoms with van der Waals surface area (Å²) >= 11 is 17.7. The molecule has 0 atom stereocenters. The number of carbonyl (C=O) groups is 1. The monoisotopic (exact) mass is 417 g/mol. The number of anilines is 1. The predicted molar refractivity (Wildman–Crippen MR) is 105 cm³/mol. The molecule has 0 aliphatic rings. The Morgan fingerprint density at radius 1 is 1.38 bits per heavy atom. The average Bonchev–Trinajstić information content (AvgIpc) is 2.87. The van der Waals surface area contributed by atoms with Gasteiger partial charge >= 0.3 is 0 Å². The Morgan fingerprint density at radius 2 is 2.08 bits per heavy atom. The van der Waals surface area contributed by atoms with Crippen molar-refractivity contribution in [3.8, 4) is 0 Å². The van der Waals surface area contributed by atoms with Crippen LogP contribution in [0.1, 0.15) is 27.4 Å². The molecule has 0 aromatic carbocycles. The van der Waals surface area contributed by atoms with E-state index in [1.165, 1.54) is 0 Å². The lowest BCUT2D eigenvalue weighted by Gasteiger charge is -2.08. The van der Waals surface area contributed by atoms with Crippen LogP contribution in [0.25, 0.3) is 0 Å². The number of pyridine rings is 1. The van der Waals surface area contributed by atoms with Gasteiger partial charge in [-0.2, -0.15) is 5.10 Å². The second kappa shape index (κ2) is 8.73. The van der Waals surface area contributed by atoms with Crippen LogP contribution in [0, 0.1) is 13.8 Å². The fourth-order valence-corrected chi connectivity index (χ4v) is 2.97. The van der Waals surface area contributed by atoms with E-state index in [1.807, 2.05) is 19.9 Å². The van der Waals surface area contributed by atoms with Gasteiger partial charge in [0.1, 0.15) is 5.02 Å². The largest absolute Gasteiger partial charge is 0.396 e. The molecule has 0 aliphatic heterocycles. The highest BCUT2D eigenvalue weighted by atomic mass is 35.5. The minimum absolute atomic E-state index is 0.000201. The number of carbonyl (C=O) groups excluding carboxylic acids is 1. The van der Waals surface area contributed by atoms with Gasteiger partial charge in [0.05, 0.1) is 23.5 Å². The molecule has 2 heterocycles. The van der Waals surface area contributed by atoms with Gasteiger partial charge < -0.3 is 15.0 Å². The molecule has 10 heteroatoms. The van der Waals surface area contributed by atoms with Crippen LogP contribution in [0.4, 0.5) is 5.69 Å². The van der Waals surface area contributed by atoms with Gasteiger partial charge in [-0.1, -0.05) is 34.8 Å². The normalized spacial score (nSPS) is 11.3. The Bertz CT molecular complexity index is 864. The summed E-state index contributed by atoms with van der Waals surface area (Å²) in [6.07, 6.45) is 1.54. The van der Waals surface area contributed by atoms with Crippen LogP contribution in [-0.2, 0) is 11.3 Å². The van der Waals surface area contributed by atoms with Crippen LogP contribution < -0.4 is 11.2 Å². The topological polar surface area (TPSA) is 94.5 Å². The van der Waals surface area contributed by atoms with Gasteiger partial charge in [0.2, 0.25) is 0 Å². The van der Waals surface area contributed by atoms with Crippen molar-refractivity contribution in [2.24, 2.45) is 5.10 Å². The van der Waals surface area contributed by atoms with Crippen molar-refractivity contribution in [3.63, 3.8) is 0 Å². The molecule has 7 nitrogen and oxygen atoms in total. The molecule has 0 saturated carbocycles. The van der Waals surface area contributed by atoms with Gasteiger partial charge in [0.25, 0.3) is 5.91 Å². The van der Waals surface area contributed by atoms with Crippen molar-refractivity contribution in [1.82, 2.24) is 15.0 Å². The minimum atomic E-state index is -0.648. The first-order valence-corrected chi connectivity index (χ1v) is 8.70. The summed E-state index contributed by atoms with van der Waals surface area (Å²) < 4.78 is 7.21. The number of halogens is 3. The number of amides is 1. The summed E-state index contributed by atoms with van der Waals surface area (Å²) in [6.45, 7) is 5.29. The Labute approximate surface area is 166 Å². The molecule has 0 fully saturated rings. The number of nitrogens with one attached hydrogen (secondary N) is 1. The van der Waals surface area contributed by atoms with Gasteiger partial charge in [-0.25, -0.2) is 10.4 Å². The number of ether oxygens (including phenoxy) is 1. The first kappa shape index (κ1) is 20.5. The number of methoxy groups -OCH3 is 1. The van der Waals surface area contributed by atoms with Gasteiger partial charge in [0, 0.05) is 30.6 Å². The van der Waals surface area contributed by atoms with E-state index in [9.17, 15) is 4.79 Å². The van der Waals surface area contributed by atoms with Gasteiger partial charge in [0.15, 0.2) is 10.8 Å². The number of hydrogen-bond donors (Lipinski definition) is 2. The summed E-state index contributed by atoms with van der Waals surface area (Å²) in [4.78, 5) is 16.1. The van der Waals surface area contributed by atoms with Crippen LogP contribution in [0.15, 0.2) is 11.2 Å². The average molecular weight is 419 g/mol. The molecule has 0 bridgehead atoms. The summed E-state index contributed by atoms with van der Waals surface area (Å²) in [5.41, 5.74) is 10.8. The van der Waals surface area contributed by atoms with E-state index in [-0.39, 0.29) is 26.6 Å². The summed E-state index contributed by atoms with van der Waals surface area (Å²) in [7, 11) is 1.65. The quantitative estimate of drug-likeness (QED) is 0.427. The lowest BCUT2D eigenvalue weighted by molar-refractivity contribution is 0.0950. The minimum Gasteiger partial charge on any atom is -0.396 e. The lowest BCUT2D eigenvalue weighted by atomic mass is 10.3. The Balaban J connectivity index is 2.16. The maximum Gasteiger partial charge on any atom is 0.291 e. The maximum absolute atomic E-state index is 12.2. The van der Waals surface area contributed by atoms with Crippen LogP contribution in [0.2, 0.25) is 15.2 Å². The third-order valence-electron chi connectivity index (χ3n) is 3.79. The maximum atomic E-state index is 12.2. The van der Waals surface area contributed by atoms with Gasteiger partial charge in [-0.3, -0.25) is 4.79 Å².